The van der Waals surface area contributed by atoms with Crippen molar-refractivity contribution in [2.75, 3.05) is 0 Å². The van der Waals surface area contributed by atoms with E-state index in [0.29, 0.717) is 0 Å². The van der Waals surface area contributed by atoms with Crippen molar-refractivity contribution in [3.63, 3.8) is 0 Å². The molecule has 0 saturated heterocycles. The average molecular weight is 390 g/mol. The standard InChI is InChI=1S/C26H22N4/c27-25(21-13-15-29-23-11-5-3-7-17(21)23)19-9-1-2-10-20(19)26(28)22-14-16-30-24-12-6-4-8-18(22)24/h1-16,25-26H,27-28H2. The summed E-state index contributed by atoms with van der Waals surface area (Å²) >= 11 is 0. The van der Waals surface area contributed by atoms with Gasteiger partial charge in [-0.15, -0.1) is 0 Å². The number of benzene rings is 3. The molecule has 5 rings (SSSR count). The average Bonchev–Trinajstić information content (AvgIpc) is 2.82. The highest BCUT2D eigenvalue weighted by Gasteiger charge is 2.21. The summed E-state index contributed by atoms with van der Waals surface area (Å²) in [5.74, 6) is 0. The molecule has 5 aromatic rings. The van der Waals surface area contributed by atoms with E-state index < -0.39 is 0 Å². The lowest BCUT2D eigenvalue weighted by molar-refractivity contribution is 0.804. The first-order valence-electron chi connectivity index (χ1n) is 10.0. The third-order valence-corrected chi connectivity index (χ3v) is 5.70. The van der Waals surface area contributed by atoms with Gasteiger partial charge in [0.15, 0.2) is 0 Å². The normalized spacial score (nSPS) is 13.4. The predicted molar refractivity (Wildman–Crippen MR) is 122 cm³/mol. The third-order valence-electron chi connectivity index (χ3n) is 5.70. The smallest absolute Gasteiger partial charge is 0.0705 e. The summed E-state index contributed by atoms with van der Waals surface area (Å²) in [6.07, 6.45) is 3.63. The number of hydrogen-bond acceptors (Lipinski definition) is 4. The van der Waals surface area contributed by atoms with Crippen molar-refractivity contribution in [3.05, 3.63) is 120 Å². The Labute approximate surface area is 175 Å². The molecule has 4 nitrogen and oxygen atoms in total. The minimum Gasteiger partial charge on any atom is -0.320 e. The van der Waals surface area contributed by atoms with Crippen molar-refractivity contribution >= 4 is 21.8 Å². The third kappa shape index (κ3) is 3.12. The Bertz CT molecular complexity index is 1230. The molecular weight excluding hydrogens is 368 g/mol. The second-order valence-corrected chi connectivity index (χ2v) is 7.42. The molecule has 0 fully saturated rings. The Balaban J connectivity index is 1.64. The SMILES string of the molecule is NC(c1ccccc1C(N)c1ccnc2ccccc12)c1ccnc2ccccc12. The molecule has 146 valence electrons. The number of pyridine rings is 2. The molecule has 0 spiro atoms. The molecule has 4 heteroatoms. The molecule has 0 saturated carbocycles. The molecule has 3 aromatic carbocycles. The van der Waals surface area contributed by atoms with E-state index in [0.717, 1.165) is 44.1 Å². The number of para-hydroxylation sites is 2. The molecule has 4 N–H and O–H groups in total. The Kier molecular flexibility index (Phi) is 4.71. The van der Waals surface area contributed by atoms with E-state index in [4.69, 9.17) is 11.5 Å². The van der Waals surface area contributed by atoms with Gasteiger partial charge in [-0.3, -0.25) is 9.97 Å². The van der Waals surface area contributed by atoms with Gasteiger partial charge < -0.3 is 11.5 Å². The minimum absolute atomic E-state index is 0.312. The Hall–Kier alpha value is -3.60. The van der Waals surface area contributed by atoms with Crippen molar-refractivity contribution in [1.82, 2.24) is 9.97 Å². The lowest BCUT2D eigenvalue weighted by Gasteiger charge is -2.23. The largest absolute Gasteiger partial charge is 0.320 e. The van der Waals surface area contributed by atoms with Crippen LogP contribution in [0.1, 0.15) is 34.3 Å². The highest BCUT2D eigenvalue weighted by molar-refractivity contribution is 5.84. The molecule has 2 unspecified atom stereocenters. The highest BCUT2D eigenvalue weighted by atomic mass is 14.7. The van der Waals surface area contributed by atoms with E-state index in [9.17, 15) is 0 Å². The molecule has 2 heterocycles. The van der Waals surface area contributed by atoms with Gasteiger partial charge in [0.2, 0.25) is 0 Å². The molecule has 2 atom stereocenters. The number of aromatic nitrogens is 2. The number of nitrogens with zero attached hydrogens (tertiary/aromatic N) is 2. The number of fused-ring (bicyclic) bond motifs is 2. The maximum absolute atomic E-state index is 6.82. The minimum atomic E-state index is -0.312. The van der Waals surface area contributed by atoms with Crippen LogP contribution >= 0.6 is 0 Å². The number of nitrogens with two attached hydrogens (primary N) is 2. The number of hydrogen-bond donors (Lipinski definition) is 2. The Morgan fingerprint density at radius 2 is 0.867 bits per heavy atom. The molecule has 0 aliphatic heterocycles. The fourth-order valence-corrected chi connectivity index (χ4v) is 4.19. The van der Waals surface area contributed by atoms with Gasteiger partial charge >= 0.3 is 0 Å². The summed E-state index contributed by atoms with van der Waals surface area (Å²) < 4.78 is 0. The van der Waals surface area contributed by atoms with Crippen molar-refractivity contribution in [2.24, 2.45) is 11.5 Å². The topological polar surface area (TPSA) is 77.8 Å². The molecular formula is C26H22N4. The van der Waals surface area contributed by atoms with Crippen LogP contribution in [0, 0.1) is 0 Å². The zero-order valence-corrected chi connectivity index (χ0v) is 16.4. The van der Waals surface area contributed by atoms with Gasteiger partial charge in [-0.1, -0.05) is 60.7 Å². The Morgan fingerprint density at radius 1 is 0.467 bits per heavy atom. The van der Waals surface area contributed by atoms with Gasteiger partial charge in [0.05, 0.1) is 23.1 Å². The van der Waals surface area contributed by atoms with E-state index >= 15 is 0 Å². The summed E-state index contributed by atoms with van der Waals surface area (Å²) in [5.41, 5.74) is 19.6. The van der Waals surface area contributed by atoms with Crippen LogP contribution in [0.5, 0.6) is 0 Å². The summed E-state index contributed by atoms with van der Waals surface area (Å²) in [6, 6.07) is 27.7. The zero-order chi connectivity index (χ0) is 20.5. The first-order chi connectivity index (χ1) is 14.7. The van der Waals surface area contributed by atoms with Crippen molar-refractivity contribution in [2.45, 2.75) is 12.1 Å². The molecule has 2 aromatic heterocycles. The van der Waals surface area contributed by atoms with Gasteiger partial charge in [0, 0.05) is 23.2 Å². The van der Waals surface area contributed by atoms with E-state index in [2.05, 4.69) is 34.2 Å². The van der Waals surface area contributed by atoms with Crippen LogP contribution in [0.15, 0.2) is 97.3 Å². The zero-order valence-electron chi connectivity index (χ0n) is 16.4. The van der Waals surface area contributed by atoms with Crippen LogP contribution in [-0.2, 0) is 0 Å². The van der Waals surface area contributed by atoms with Crippen molar-refractivity contribution in [3.8, 4) is 0 Å². The van der Waals surface area contributed by atoms with Crippen molar-refractivity contribution < 1.29 is 0 Å². The van der Waals surface area contributed by atoms with Crippen LogP contribution in [0.25, 0.3) is 21.8 Å². The second-order valence-electron chi connectivity index (χ2n) is 7.42. The van der Waals surface area contributed by atoms with Crippen molar-refractivity contribution in [1.29, 1.82) is 0 Å². The number of rotatable bonds is 4. The van der Waals surface area contributed by atoms with Gasteiger partial charge in [0.25, 0.3) is 0 Å². The van der Waals surface area contributed by atoms with Crippen LogP contribution in [0.2, 0.25) is 0 Å². The van der Waals surface area contributed by atoms with Gasteiger partial charge in [0.1, 0.15) is 0 Å². The van der Waals surface area contributed by atoms with Crippen LogP contribution in [0.3, 0.4) is 0 Å². The monoisotopic (exact) mass is 390 g/mol. The van der Waals surface area contributed by atoms with Crippen LogP contribution in [0.4, 0.5) is 0 Å². The summed E-state index contributed by atoms with van der Waals surface area (Å²) in [4.78, 5) is 8.94. The van der Waals surface area contributed by atoms with Gasteiger partial charge in [-0.25, -0.2) is 0 Å². The van der Waals surface area contributed by atoms with E-state index in [1.54, 1.807) is 0 Å². The lowest BCUT2D eigenvalue weighted by Crippen LogP contribution is -2.20. The molecule has 0 amide bonds. The van der Waals surface area contributed by atoms with E-state index in [-0.39, 0.29) is 12.1 Å². The molecule has 30 heavy (non-hydrogen) atoms. The molecule has 0 aliphatic rings. The van der Waals surface area contributed by atoms with Gasteiger partial charge in [-0.05, 0) is 46.5 Å². The first-order valence-corrected chi connectivity index (χ1v) is 10.0. The van der Waals surface area contributed by atoms with E-state index in [1.807, 2.05) is 73.1 Å². The molecule has 0 bridgehead atoms. The molecule has 0 aliphatic carbocycles. The van der Waals surface area contributed by atoms with Crippen LogP contribution in [-0.4, -0.2) is 9.97 Å². The highest BCUT2D eigenvalue weighted by Crippen LogP contribution is 2.33. The van der Waals surface area contributed by atoms with Gasteiger partial charge in [-0.2, -0.15) is 0 Å². The summed E-state index contributed by atoms with van der Waals surface area (Å²) in [5, 5.41) is 2.12. The maximum Gasteiger partial charge on any atom is 0.0705 e. The lowest BCUT2D eigenvalue weighted by atomic mass is 9.87. The van der Waals surface area contributed by atoms with Crippen LogP contribution < -0.4 is 11.5 Å². The summed E-state index contributed by atoms with van der Waals surface area (Å²) in [7, 11) is 0. The Morgan fingerprint density at radius 3 is 1.33 bits per heavy atom. The second kappa shape index (κ2) is 7.67. The first kappa shape index (κ1) is 18.4. The fourth-order valence-electron chi connectivity index (χ4n) is 4.19. The quantitative estimate of drug-likeness (QED) is 0.458. The molecule has 0 radical (unpaired) electrons. The fraction of sp³-hybridized carbons (Fsp3) is 0.0769. The van der Waals surface area contributed by atoms with E-state index in [1.165, 1.54) is 0 Å². The summed E-state index contributed by atoms with van der Waals surface area (Å²) in [6.45, 7) is 0. The predicted octanol–water partition coefficient (Wildman–Crippen LogP) is 4.88. The maximum atomic E-state index is 6.82.